The van der Waals surface area contributed by atoms with Crippen LogP contribution in [0.25, 0.3) is 0 Å². The van der Waals surface area contributed by atoms with Gasteiger partial charge in [-0.25, -0.2) is 8.78 Å². The van der Waals surface area contributed by atoms with E-state index < -0.39 is 17.7 Å². The van der Waals surface area contributed by atoms with Crippen molar-refractivity contribution < 1.29 is 23.4 Å². The van der Waals surface area contributed by atoms with E-state index in [1.54, 1.807) is 4.90 Å². The number of rotatable bonds is 5. The number of nitrogens with zero attached hydrogens (tertiary/aromatic N) is 1. The van der Waals surface area contributed by atoms with Crippen LogP contribution in [-0.2, 0) is 4.79 Å². The van der Waals surface area contributed by atoms with E-state index in [0.717, 1.165) is 18.6 Å². The first-order valence-corrected chi connectivity index (χ1v) is 7.51. The smallest absolute Gasteiger partial charge is 0.222 e. The number of carbonyl (C=O) groups is 1. The van der Waals surface area contributed by atoms with E-state index in [0.29, 0.717) is 19.5 Å². The Kier molecular flexibility index (Phi) is 5.71. The third-order valence-corrected chi connectivity index (χ3v) is 3.96. The number of hydrogen-bond acceptors (Lipinski definition) is 3. The highest BCUT2D eigenvalue weighted by molar-refractivity contribution is 5.76. The summed E-state index contributed by atoms with van der Waals surface area (Å²) in [5.41, 5.74) is 0. The molecule has 6 heteroatoms. The zero-order chi connectivity index (χ0) is 16.1. The highest BCUT2D eigenvalue weighted by Gasteiger charge is 2.26. The second kappa shape index (κ2) is 7.54. The van der Waals surface area contributed by atoms with Crippen LogP contribution in [0.5, 0.6) is 5.75 Å². The molecule has 1 aromatic carbocycles. The molecule has 22 heavy (non-hydrogen) atoms. The molecule has 0 radical (unpaired) electrons. The fourth-order valence-corrected chi connectivity index (χ4v) is 2.43. The molecule has 2 atom stereocenters. The van der Waals surface area contributed by atoms with Gasteiger partial charge in [-0.15, -0.1) is 0 Å². The Labute approximate surface area is 128 Å². The van der Waals surface area contributed by atoms with E-state index in [-0.39, 0.29) is 30.6 Å². The van der Waals surface area contributed by atoms with Crippen molar-refractivity contribution >= 4 is 5.91 Å². The van der Waals surface area contributed by atoms with Crippen molar-refractivity contribution in [3.63, 3.8) is 0 Å². The molecule has 1 aliphatic rings. The molecule has 122 valence electrons. The van der Waals surface area contributed by atoms with Crippen LogP contribution in [0, 0.1) is 17.6 Å². The second-order valence-corrected chi connectivity index (χ2v) is 5.70. The SMILES string of the molecule is CC1CCN(C(=O)CCCOc2ccc(F)cc2F)CC1O. The summed E-state index contributed by atoms with van der Waals surface area (Å²) in [5, 5.41) is 9.78. The fourth-order valence-electron chi connectivity index (χ4n) is 2.43. The van der Waals surface area contributed by atoms with Crippen LogP contribution in [-0.4, -0.2) is 41.7 Å². The lowest BCUT2D eigenvalue weighted by molar-refractivity contribution is -0.135. The maximum absolute atomic E-state index is 13.3. The van der Waals surface area contributed by atoms with Gasteiger partial charge in [-0.1, -0.05) is 6.92 Å². The van der Waals surface area contributed by atoms with Crippen LogP contribution < -0.4 is 4.74 Å². The molecular formula is C16H21F2NO3. The number of halogens is 2. The summed E-state index contributed by atoms with van der Waals surface area (Å²) in [6, 6.07) is 3.12. The van der Waals surface area contributed by atoms with Crippen LogP contribution in [0.3, 0.4) is 0 Å². The highest BCUT2D eigenvalue weighted by Crippen LogP contribution is 2.19. The van der Waals surface area contributed by atoms with E-state index in [1.807, 2.05) is 6.92 Å². The molecule has 0 spiro atoms. The quantitative estimate of drug-likeness (QED) is 0.849. The van der Waals surface area contributed by atoms with Gasteiger partial charge in [0.2, 0.25) is 5.91 Å². The van der Waals surface area contributed by atoms with Crippen molar-refractivity contribution in [3.8, 4) is 5.75 Å². The third-order valence-electron chi connectivity index (χ3n) is 3.96. The van der Waals surface area contributed by atoms with Crippen molar-refractivity contribution in [2.45, 2.75) is 32.3 Å². The minimum atomic E-state index is -0.750. The summed E-state index contributed by atoms with van der Waals surface area (Å²) in [6.07, 6.45) is 1.05. The molecule has 2 rings (SSSR count). The van der Waals surface area contributed by atoms with Crippen molar-refractivity contribution in [3.05, 3.63) is 29.8 Å². The van der Waals surface area contributed by atoms with Gasteiger partial charge in [-0.05, 0) is 30.9 Å². The van der Waals surface area contributed by atoms with Gasteiger partial charge in [0, 0.05) is 25.6 Å². The lowest BCUT2D eigenvalue weighted by Crippen LogP contribution is -2.45. The Morgan fingerprint density at radius 1 is 1.45 bits per heavy atom. The number of ether oxygens (including phenoxy) is 1. The van der Waals surface area contributed by atoms with Crippen molar-refractivity contribution in [2.75, 3.05) is 19.7 Å². The lowest BCUT2D eigenvalue weighted by atomic mass is 9.96. The van der Waals surface area contributed by atoms with E-state index in [9.17, 15) is 18.7 Å². The minimum absolute atomic E-state index is 0.0175. The topological polar surface area (TPSA) is 49.8 Å². The maximum Gasteiger partial charge on any atom is 0.222 e. The first-order chi connectivity index (χ1) is 10.5. The Balaban J connectivity index is 1.71. The number of hydrogen-bond donors (Lipinski definition) is 1. The van der Waals surface area contributed by atoms with Crippen LogP contribution >= 0.6 is 0 Å². The normalized spacial score (nSPS) is 21.7. The molecular weight excluding hydrogens is 292 g/mol. The summed E-state index contributed by atoms with van der Waals surface area (Å²) in [6.45, 7) is 3.18. The number of carbonyl (C=O) groups excluding carboxylic acids is 1. The largest absolute Gasteiger partial charge is 0.491 e. The minimum Gasteiger partial charge on any atom is -0.491 e. The van der Waals surface area contributed by atoms with Gasteiger partial charge in [-0.3, -0.25) is 4.79 Å². The van der Waals surface area contributed by atoms with Crippen molar-refractivity contribution in [1.29, 1.82) is 0 Å². The Hall–Kier alpha value is -1.69. The molecule has 1 heterocycles. The van der Waals surface area contributed by atoms with Crippen molar-refractivity contribution in [1.82, 2.24) is 4.90 Å². The molecule has 1 aliphatic heterocycles. The molecule has 0 saturated carbocycles. The van der Waals surface area contributed by atoms with Gasteiger partial charge in [-0.2, -0.15) is 0 Å². The average Bonchev–Trinajstić information content (AvgIpc) is 2.48. The third kappa shape index (κ3) is 4.40. The zero-order valence-corrected chi connectivity index (χ0v) is 12.6. The zero-order valence-electron chi connectivity index (χ0n) is 12.6. The predicted molar refractivity (Wildman–Crippen MR) is 77.5 cm³/mol. The number of aliphatic hydroxyl groups is 1. The summed E-state index contributed by atoms with van der Waals surface area (Å²) >= 11 is 0. The van der Waals surface area contributed by atoms with E-state index >= 15 is 0 Å². The number of β-amino-alcohol motifs (C(OH)–C–C–N with tert-alkyl or cyclic N) is 1. The first kappa shape index (κ1) is 16.7. The summed E-state index contributed by atoms with van der Waals surface area (Å²) in [5.74, 6) is -1.24. The number of aliphatic hydroxyl groups excluding tert-OH is 1. The standard InChI is InChI=1S/C16H21F2NO3/c1-11-6-7-19(10-14(11)20)16(21)3-2-8-22-15-5-4-12(17)9-13(15)18/h4-5,9,11,14,20H,2-3,6-8,10H2,1H3. The number of piperidine rings is 1. The molecule has 0 aliphatic carbocycles. The van der Waals surface area contributed by atoms with Crippen LogP contribution in [0.2, 0.25) is 0 Å². The second-order valence-electron chi connectivity index (χ2n) is 5.70. The monoisotopic (exact) mass is 313 g/mol. The van der Waals surface area contributed by atoms with E-state index in [4.69, 9.17) is 4.74 Å². The Morgan fingerprint density at radius 2 is 2.23 bits per heavy atom. The van der Waals surface area contributed by atoms with Gasteiger partial charge in [0.05, 0.1) is 12.7 Å². The van der Waals surface area contributed by atoms with Crippen LogP contribution in [0.1, 0.15) is 26.2 Å². The first-order valence-electron chi connectivity index (χ1n) is 7.51. The molecule has 1 aromatic rings. The maximum atomic E-state index is 13.3. The van der Waals surface area contributed by atoms with Crippen LogP contribution in [0.4, 0.5) is 8.78 Å². The van der Waals surface area contributed by atoms with Gasteiger partial charge >= 0.3 is 0 Å². The molecule has 1 N–H and O–H groups in total. The molecule has 1 fully saturated rings. The van der Waals surface area contributed by atoms with Gasteiger partial charge < -0.3 is 14.7 Å². The lowest BCUT2D eigenvalue weighted by Gasteiger charge is -2.34. The Bertz CT molecular complexity index is 524. The molecule has 1 amide bonds. The highest BCUT2D eigenvalue weighted by atomic mass is 19.1. The Morgan fingerprint density at radius 3 is 2.91 bits per heavy atom. The average molecular weight is 313 g/mol. The molecule has 2 unspecified atom stereocenters. The molecule has 1 saturated heterocycles. The van der Waals surface area contributed by atoms with Gasteiger partial charge in [0.15, 0.2) is 11.6 Å². The van der Waals surface area contributed by atoms with E-state index in [1.165, 1.54) is 6.07 Å². The number of amides is 1. The molecule has 0 bridgehead atoms. The van der Waals surface area contributed by atoms with Gasteiger partial charge in [0.25, 0.3) is 0 Å². The van der Waals surface area contributed by atoms with Crippen LogP contribution in [0.15, 0.2) is 18.2 Å². The molecule has 0 aromatic heterocycles. The summed E-state index contributed by atoms with van der Waals surface area (Å²) < 4.78 is 31.3. The number of likely N-dealkylation sites (tertiary alicyclic amines) is 1. The predicted octanol–water partition coefficient (Wildman–Crippen LogP) is 2.35. The van der Waals surface area contributed by atoms with E-state index in [2.05, 4.69) is 0 Å². The summed E-state index contributed by atoms with van der Waals surface area (Å²) in [4.78, 5) is 13.7. The molecule has 4 nitrogen and oxygen atoms in total. The summed E-state index contributed by atoms with van der Waals surface area (Å²) in [7, 11) is 0. The number of benzene rings is 1. The van der Waals surface area contributed by atoms with Crippen molar-refractivity contribution in [2.24, 2.45) is 5.92 Å². The van der Waals surface area contributed by atoms with Gasteiger partial charge in [0.1, 0.15) is 5.82 Å². The fraction of sp³-hybridized carbons (Fsp3) is 0.562.